The zero-order chi connectivity index (χ0) is 28.4. The van der Waals surface area contributed by atoms with E-state index < -0.39 is 38.3 Å². The lowest BCUT2D eigenvalue weighted by molar-refractivity contribution is -0.139. The van der Waals surface area contributed by atoms with E-state index in [9.17, 15) is 27.5 Å². The number of carbonyl (C=O) groups is 2. The number of amides is 1. The summed E-state index contributed by atoms with van der Waals surface area (Å²) in [5.74, 6) is -2.01. The molecule has 1 aliphatic rings. The van der Waals surface area contributed by atoms with Gasteiger partial charge >= 0.3 is 5.97 Å². The van der Waals surface area contributed by atoms with Gasteiger partial charge in [0.1, 0.15) is 24.2 Å². The molecule has 0 radical (unpaired) electrons. The number of ether oxygens (including phenoxy) is 1. The summed E-state index contributed by atoms with van der Waals surface area (Å²) < 4.78 is 42.8. The molecule has 0 spiro atoms. The van der Waals surface area contributed by atoms with Gasteiger partial charge in [0.2, 0.25) is 0 Å². The number of hydrogen-bond acceptors (Lipinski definition) is 6. The monoisotopic (exact) mass is 573 g/mol. The van der Waals surface area contributed by atoms with Gasteiger partial charge in [-0.25, -0.2) is 17.6 Å². The Morgan fingerprint density at radius 1 is 1.10 bits per heavy atom. The molecular formula is C29H32FNO6S2. The molecule has 0 aromatic heterocycles. The molecule has 1 atom stereocenters. The van der Waals surface area contributed by atoms with Crippen LogP contribution < -0.4 is 10.1 Å². The zero-order valence-electron chi connectivity index (χ0n) is 22.1. The number of aliphatic carboxylic acids is 1. The van der Waals surface area contributed by atoms with Gasteiger partial charge in [0.05, 0.1) is 10.5 Å². The van der Waals surface area contributed by atoms with Crippen molar-refractivity contribution < 1.29 is 32.2 Å². The van der Waals surface area contributed by atoms with Crippen LogP contribution in [0.25, 0.3) is 10.8 Å². The molecule has 0 saturated heterocycles. The Bertz CT molecular complexity index is 1480. The number of sulfone groups is 1. The highest BCUT2D eigenvalue weighted by Gasteiger charge is 2.40. The Morgan fingerprint density at radius 3 is 2.38 bits per heavy atom. The molecule has 7 nitrogen and oxygen atoms in total. The van der Waals surface area contributed by atoms with Crippen molar-refractivity contribution >= 4 is 44.2 Å². The number of fused-ring (bicyclic) bond motifs is 1. The molecular weight excluding hydrogens is 541 g/mol. The molecule has 0 aliphatic heterocycles. The molecule has 3 aromatic carbocycles. The standard InChI is InChI=1S/C29H32FNO6S2/c1-29(2,38-21-6-4-5-7-21)26(28(33)34)31-27(32)24-14-10-19-16-20(30)11-15-23(19)25(24)37-17-18-8-12-22(13-9-18)39(3,35)36/h8-16,21,26H,4-7,17H2,1-3H3,(H,31,32)(H,33,34). The van der Waals surface area contributed by atoms with Gasteiger partial charge < -0.3 is 15.2 Å². The van der Waals surface area contributed by atoms with Gasteiger partial charge in [-0.2, -0.15) is 0 Å². The van der Waals surface area contributed by atoms with E-state index in [-0.39, 0.29) is 22.8 Å². The summed E-state index contributed by atoms with van der Waals surface area (Å²) in [5.41, 5.74) is 0.778. The minimum absolute atomic E-state index is 0.00615. The highest BCUT2D eigenvalue weighted by molar-refractivity contribution is 8.01. The van der Waals surface area contributed by atoms with Crippen LogP contribution in [0.1, 0.15) is 55.5 Å². The van der Waals surface area contributed by atoms with Gasteiger partial charge in [-0.3, -0.25) is 4.79 Å². The van der Waals surface area contributed by atoms with Crippen molar-refractivity contribution in [3.8, 4) is 5.75 Å². The molecule has 208 valence electrons. The first-order valence-corrected chi connectivity index (χ1v) is 15.5. The van der Waals surface area contributed by atoms with Crippen molar-refractivity contribution in [2.45, 2.75) is 67.1 Å². The topological polar surface area (TPSA) is 110 Å². The third-order valence-electron chi connectivity index (χ3n) is 6.90. The Labute approximate surface area is 232 Å². The molecule has 0 bridgehead atoms. The minimum Gasteiger partial charge on any atom is -0.487 e. The first kappa shape index (κ1) is 28.9. The van der Waals surface area contributed by atoms with E-state index in [0.29, 0.717) is 21.6 Å². The van der Waals surface area contributed by atoms with E-state index in [2.05, 4.69) is 5.32 Å². The van der Waals surface area contributed by atoms with Crippen LogP contribution in [0.15, 0.2) is 59.5 Å². The van der Waals surface area contributed by atoms with Crippen molar-refractivity contribution in [1.29, 1.82) is 0 Å². The number of nitrogens with one attached hydrogen (secondary N) is 1. The van der Waals surface area contributed by atoms with E-state index >= 15 is 0 Å². The van der Waals surface area contributed by atoms with Gasteiger partial charge in [-0.15, -0.1) is 11.8 Å². The van der Waals surface area contributed by atoms with Gasteiger partial charge in [0.15, 0.2) is 9.84 Å². The van der Waals surface area contributed by atoms with Crippen LogP contribution in [0.3, 0.4) is 0 Å². The second-order valence-electron chi connectivity index (χ2n) is 10.4. The first-order chi connectivity index (χ1) is 18.3. The number of rotatable bonds is 10. The third-order valence-corrected chi connectivity index (χ3v) is 9.68. The molecule has 1 amide bonds. The van der Waals surface area contributed by atoms with Crippen LogP contribution in [0.2, 0.25) is 0 Å². The highest BCUT2D eigenvalue weighted by atomic mass is 32.2. The van der Waals surface area contributed by atoms with E-state index in [1.165, 1.54) is 36.4 Å². The maximum atomic E-state index is 13.9. The molecule has 39 heavy (non-hydrogen) atoms. The number of carboxylic acid groups (broad SMARTS) is 1. The number of benzene rings is 3. The largest absolute Gasteiger partial charge is 0.487 e. The summed E-state index contributed by atoms with van der Waals surface area (Å²) in [4.78, 5) is 26.0. The third kappa shape index (κ3) is 6.91. The summed E-state index contributed by atoms with van der Waals surface area (Å²) in [5, 5.41) is 14.1. The van der Waals surface area contributed by atoms with Gasteiger partial charge in [-0.1, -0.05) is 31.0 Å². The predicted molar refractivity (Wildman–Crippen MR) is 151 cm³/mol. The second-order valence-corrected chi connectivity index (χ2v) is 14.4. The summed E-state index contributed by atoms with van der Waals surface area (Å²) in [6.45, 7) is 3.66. The Kier molecular flexibility index (Phi) is 8.56. The molecule has 3 aromatic rings. The van der Waals surface area contributed by atoms with Gasteiger partial charge in [-0.05, 0) is 74.0 Å². The van der Waals surface area contributed by atoms with Crippen molar-refractivity contribution in [3.63, 3.8) is 0 Å². The summed E-state index contributed by atoms with van der Waals surface area (Å²) >= 11 is 1.59. The van der Waals surface area contributed by atoms with Crippen molar-refractivity contribution in [2.75, 3.05) is 6.26 Å². The Hall–Kier alpha value is -3.11. The van der Waals surface area contributed by atoms with Crippen LogP contribution in [-0.2, 0) is 21.2 Å². The average Bonchev–Trinajstić information content (AvgIpc) is 3.37. The van der Waals surface area contributed by atoms with Crippen molar-refractivity contribution in [3.05, 3.63) is 71.5 Å². The zero-order valence-corrected chi connectivity index (χ0v) is 23.7. The molecule has 10 heteroatoms. The second kappa shape index (κ2) is 11.6. The summed E-state index contributed by atoms with van der Waals surface area (Å²) in [6, 6.07) is 12.2. The van der Waals surface area contributed by atoms with E-state index in [1.54, 1.807) is 30.0 Å². The lowest BCUT2D eigenvalue weighted by Gasteiger charge is -2.33. The van der Waals surface area contributed by atoms with Crippen LogP contribution in [-0.4, -0.2) is 47.7 Å². The number of thioether (sulfide) groups is 1. The van der Waals surface area contributed by atoms with Gasteiger partial charge in [0.25, 0.3) is 5.91 Å². The fraction of sp³-hybridized carbons (Fsp3) is 0.379. The number of halogens is 1. The molecule has 2 N–H and O–H groups in total. The molecule has 1 fully saturated rings. The van der Waals surface area contributed by atoms with Gasteiger partial charge in [0, 0.05) is 21.6 Å². The fourth-order valence-corrected chi connectivity index (χ4v) is 7.19. The minimum atomic E-state index is -3.36. The fourth-order valence-electron chi connectivity index (χ4n) is 4.84. The van der Waals surface area contributed by atoms with Crippen LogP contribution in [0, 0.1) is 5.82 Å². The molecule has 4 rings (SSSR count). The lowest BCUT2D eigenvalue weighted by atomic mass is 10.0. The first-order valence-electron chi connectivity index (χ1n) is 12.7. The Balaban J connectivity index is 1.63. The van der Waals surface area contributed by atoms with E-state index in [0.717, 1.165) is 31.9 Å². The predicted octanol–water partition coefficient (Wildman–Crippen LogP) is 5.60. The summed E-state index contributed by atoms with van der Waals surface area (Å²) in [7, 11) is -3.36. The maximum absolute atomic E-state index is 13.9. The van der Waals surface area contributed by atoms with Crippen LogP contribution >= 0.6 is 11.8 Å². The number of carboxylic acids is 1. The van der Waals surface area contributed by atoms with Crippen LogP contribution in [0.5, 0.6) is 5.75 Å². The normalized spacial score (nSPS) is 15.3. The van der Waals surface area contributed by atoms with E-state index in [4.69, 9.17) is 4.74 Å². The molecule has 0 heterocycles. The smallest absolute Gasteiger partial charge is 0.327 e. The average molecular weight is 574 g/mol. The molecule has 1 unspecified atom stereocenters. The van der Waals surface area contributed by atoms with Crippen LogP contribution in [0.4, 0.5) is 4.39 Å². The van der Waals surface area contributed by atoms with Crippen molar-refractivity contribution in [1.82, 2.24) is 5.32 Å². The lowest BCUT2D eigenvalue weighted by Crippen LogP contribution is -2.53. The maximum Gasteiger partial charge on any atom is 0.327 e. The number of carbonyl (C=O) groups excluding carboxylic acids is 1. The van der Waals surface area contributed by atoms with Crippen molar-refractivity contribution in [2.24, 2.45) is 0 Å². The SMILES string of the molecule is CC(C)(SC1CCCC1)C(NC(=O)c1ccc2cc(F)ccc2c1OCc1ccc(S(C)(=O)=O)cc1)C(=O)O. The molecule has 1 saturated carbocycles. The highest BCUT2D eigenvalue weighted by Crippen LogP contribution is 2.40. The summed E-state index contributed by atoms with van der Waals surface area (Å²) in [6.07, 6.45) is 5.41. The number of hydrogen-bond donors (Lipinski definition) is 2. The Morgan fingerprint density at radius 2 is 1.77 bits per heavy atom. The quantitative estimate of drug-likeness (QED) is 0.325. The van der Waals surface area contributed by atoms with E-state index in [1.807, 2.05) is 13.8 Å². The molecule has 1 aliphatic carbocycles.